The van der Waals surface area contributed by atoms with Gasteiger partial charge in [-0.05, 0) is 24.3 Å². The average Bonchev–Trinajstić information content (AvgIpc) is 2.78. The van der Waals surface area contributed by atoms with Crippen molar-refractivity contribution < 1.29 is 32.2 Å². The number of alkyl halides is 3. The van der Waals surface area contributed by atoms with Crippen molar-refractivity contribution in [1.82, 2.24) is 9.80 Å². The van der Waals surface area contributed by atoms with Gasteiger partial charge in [0, 0.05) is 43.9 Å². The third-order valence-corrected chi connectivity index (χ3v) is 5.28. The van der Waals surface area contributed by atoms with E-state index in [1.165, 1.54) is 12.1 Å². The summed E-state index contributed by atoms with van der Waals surface area (Å²) >= 11 is 0. The van der Waals surface area contributed by atoms with Crippen LogP contribution in [0.2, 0.25) is 0 Å². The minimum absolute atomic E-state index is 0.0461. The molecule has 31 heavy (non-hydrogen) atoms. The zero-order valence-electron chi connectivity index (χ0n) is 17.7. The van der Waals surface area contributed by atoms with Gasteiger partial charge in [0.15, 0.2) is 11.5 Å². The van der Waals surface area contributed by atoms with Gasteiger partial charge >= 0.3 is 6.18 Å². The number of amides is 1. The van der Waals surface area contributed by atoms with Crippen LogP contribution in [0.1, 0.15) is 21.5 Å². The SMILES string of the molecule is COc1ccc(CN2CCN(C(=O)c3cccc(C(F)(F)F)c3)CC2)c(OC)c1OC. The lowest BCUT2D eigenvalue weighted by molar-refractivity contribution is -0.137. The molecule has 0 N–H and O–H groups in total. The van der Waals surface area contributed by atoms with E-state index in [2.05, 4.69) is 4.90 Å². The van der Waals surface area contributed by atoms with Gasteiger partial charge in [0.2, 0.25) is 5.75 Å². The predicted octanol–water partition coefficient (Wildman–Crippen LogP) is 3.69. The highest BCUT2D eigenvalue weighted by molar-refractivity contribution is 5.94. The molecule has 0 unspecified atom stereocenters. The van der Waals surface area contributed by atoms with E-state index >= 15 is 0 Å². The van der Waals surface area contributed by atoms with Crippen LogP contribution in [0.5, 0.6) is 17.2 Å². The molecular formula is C22H25F3N2O4. The number of hydrogen-bond donors (Lipinski definition) is 0. The van der Waals surface area contributed by atoms with E-state index in [0.717, 1.165) is 17.7 Å². The van der Waals surface area contributed by atoms with Gasteiger partial charge in [-0.3, -0.25) is 9.69 Å². The fraction of sp³-hybridized carbons (Fsp3) is 0.409. The number of rotatable bonds is 6. The number of piperazine rings is 1. The fourth-order valence-electron chi connectivity index (χ4n) is 3.65. The Hall–Kier alpha value is -2.94. The fourth-order valence-corrected chi connectivity index (χ4v) is 3.65. The largest absolute Gasteiger partial charge is 0.493 e. The molecule has 1 saturated heterocycles. The number of carbonyl (C=O) groups is 1. The first kappa shape index (κ1) is 22.7. The third-order valence-electron chi connectivity index (χ3n) is 5.28. The van der Waals surface area contributed by atoms with Crippen LogP contribution in [0.3, 0.4) is 0 Å². The summed E-state index contributed by atoms with van der Waals surface area (Å²) in [6, 6.07) is 8.26. The van der Waals surface area contributed by atoms with Crippen LogP contribution < -0.4 is 14.2 Å². The molecule has 0 spiro atoms. The van der Waals surface area contributed by atoms with Gasteiger partial charge in [-0.1, -0.05) is 12.1 Å². The zero-order valence-corrected chi connectivity index (χ0v) is 17.7. The lowest BCUT2D eigenvalue weighted by Crippen LogP contribution is -2.48. The molecule has 0 atom stereocenters. The van der Waals surface area contributed by atoms with Crippen LogP contribution in [-0.4, -0.2) is 63.2 Å². The van der Waals surface area contributed by atoms with Crippen molar-refractivity contribution in [2.45, 2.75) is 12.7 Å². The van der Waals surface area contributed by atoms with Crippen molar-refractivity contribution in [1.29, 1.82) is 0 Å². The molecule has 3 rings (SSSR count). The van der Waals surface area contributed by atoms with Crippen LogP contribution in [0, 0.1) is 0 Å². The maximum Gasteiger partial charge on any atom is 0.416 e. The highest BCUT2D eigenvalue weighted by Crippen LogP contribution is 2.40. The Morgan fingerprint density at radius 2 is 1.61 bits per heavy atom. The first-order valence-corrected chi connectivity index (χ1v) is 9.75. The van der Waals surface area contributed by atoms with Crippen molar-refractivity contribution >= 4 is 5.91 Å². The number of ether oxygens (including phenoxy) is 3. The van der Waals surface area contributed by atoms with E-state index in [1.807, 2.05) is 12.1 Å². The van der Waals surface area contributed by atoms with Gasteiger partial charge in [-0.2, -0.15) is 13.2 Å². The van der Waals surface area contributed by atoms with Gasteiger partial charge < -0.3 is 19.1 Å². The minimum Gasteiger partial charge on any atom is -0.493 e. The Bertz CT molecular complexity index is 925. The molecule has 1 heterocycles. The van der Waals surface area contributed by atoms with Crippen LogP contribution in [0.4, 0.5) is 13.2 Å². The summed E-state index contributed by atoms with van der Waals surface area (Å²) in [5, 5.41) is 0. The Balaban J connectivity index is 1.66. The summed E-state index contributed by atoms with van der Waals surface area (Å²) in [7, 11) is 4.66. The summed E-state index contributed by atoms with van der Waals surface area (Å²) in [6.07, 6.45) is -4.48. The molecule has 1 aliphatic rings. The summed E-state index contributed by atoms with van der Waals surface area (Å²) in [4.78, 5) is 16.4. The second kappa shape index (κ2) is 9.47. The Kier molecular flexibility index (Phi) is 6.94. The van der Waals surface area contributed by atoms with Crippen LogP contribution in [0.25, 0.3) is 0 Å². The first-order chi connectivity index (χ1) is 14.8. The summed E-state index contributed by atoms with van der Waals surface area (Å²) < 4.78 is 55.0. The molecule has 2 aromatic carbocycles. The molecule has 9 heteroatoms. The normalized spacial score (nSPS) is 15.0. The molecule has 0 saturated carbocycles. The molecule has 1 amide bonds. The van der Waals surface area contributed by atoms with Crippen molar-refractivity contribution in [2.24, 2.45) is 0 Å². The topological polar surface area (TPSA) is 51.2 Å². The van der Waals surface area contributed by atoms with Gasteiger partial charge in [0.25, 0.3) is 5.91 Å². The smallest absolute Gasteiger partial charge is 0.416 e. The first-order valence-electron chi connectivity index (χ1n) is 9.75. The molecular weight excluding hydrogens is 413 g/mol. The minimum atomic E-state index is -4.48. The van der Waals surface area contributed by atoms with E-state index < -0.39 is 17.6 Å². The molecule has 168 valence electrons. The zero-order chi connectivity index (χ0) is 22.6. The maximum absolute atomic E-state index is 12.9. The number of halogens is 3. The Morgan fingerprint density at radius 3 is 2.19 bits per heavy atom. The maximum atomic E-state index is 12.9. The van der Waals surface area contributed by atoms with E-state index in [9.17, 15) is 18.0 Å². The quantitative estimate of drug-likeness (QED) is 0.689. The van der Waals surface area contributed by atoms with Crippen LogP contribution in [-0.2, 0) is 12.7 Å². The summed E-state index contributed by atoms with van der Waals surface area (Å²) in [6.45, 7) is 2.59. The molecule has 6 nitrogen and oxygen atoms in total. The number of hydrogen-bond acceptors (Lipinski definition) is 5. The van der Waals surface area contributed by atoms with Crippen LogP contribution >= 0.6 is 0 Å². The van der Waals surface area contributed by atoms with Crippen LogP contribution in [0.15, 0.2) is 36.4 Å². The standard InChI is InChI=1S/C22H25F3N2O4/c1-29-18-8-7-16(19(30-2)20(18)31-3)14-26-9-11-27(12-10-26)21(28)15-5-4-6-17(13-15)22(23,24)25/h4-8,13H,9-12,14H2,1-3H3. The van der Waals surface area contributed by atoms with Crippen molar-refractivity contribution in [3.05, 3.63) is 53.1 Å². The predicted molar refractivity (Wildman–Crippen MR) is 109 cm³/mol. The Labute approximate surface area is 179 Å². The van der Waals surface area contributed by atoms with E-state index in [-0.39, 0.29) is 5.56 Å². The number of benzene rings is 2. The van der Waals surface area contributed by atoms with Crippen molar-refractivity contribution in [3.63, 3.8) is 0 Å². The average molecular weight is 438 g/mol. The van der Waals surface area contributed by atoms with Gasteiger partial charge in [-0.15, -0.1) is 0 Å². The molecule has 2 aromatic rings. The third kappa shape index (κ3) is 5.04. The van der Waals surface area contributed by atoms with Crippen molar-refractivity contribution in [2.75, 3.05) is 47.5 Å². The number of nitrogens with zero attached hydrogens (tertiary/aromatic N) is 2. The molecule has 0 aliphatic carbocycles. The van der Waals surface area contributed by atoms with E-state index in [4.69, 9.17) is 14.2 Å². The summed E-state index contributed by atoms with van der Waals surface area (Å²) in [5.41, 5.74) is 0.139. The lowest BCUT2D eigenvalue weighted by atomic mass is 10.1. The molecule has 1 aliphatic heterocycles. The van der Waals surface area contributed by atoms with Gasteiger partial charge in [0.05, 0.1) is 26.9 Å². The number of carbonyl (C=O) groups excluding carboxylic acids is 1. The highest BCUT2D eigenvalue weighted by Gasteiger charge is 2.32. The summed E-state index contributed by atoms with van der Waals surface area (Å²) in [5.74, 6) is 1.28. The second-order valence-electron chi connectivity index (χ2n) is 7.14. The molecule has 0 bridgehead atoms. The second-order valence-corrected chi connectivity index (χ2v) is 7.14. The van der Waals surface area contributed by atoms with Gasteiger partial charge in [0.1, 0.15) is 0 Å². The number of methoxy groups -OCH3 is 3. The van der Waals surface area contributed by atoms with Gasteiger partial charge in [-0.25, -0.2) is 0 Å². The monoisotopic (exact) mass is 438 g/mol. The van der Waals surface area contributed by atoms with E-state index in [1.54, 1.807) is 26.2 Å². The molecule has 0 aromatic heterocycles. The lowest BCUT2D eigenvalue weighted by Gasteiger charge is -2.35. The Morgan fingerprint density at radius 1 is 0.935 bits per heavy atom. The highest BCUT2D eigenvalue weighted by atomic mass is 19.4. The van der Waals surface area contributed by atoms with Crippen molar-refractivity contribution in [3.8, 4) is 17.2 Å². The van der Waals surface area contributed by atoms with E-state index in [0.29, 0.717) is 50.0 Å². The molecule has 0 radical (unpaired) electrons. The molecule has 1 fully saturated rings.